The summed E-state index contributed by atoms with van der Waals surface area (Å²) in [6, 6.07) is 7.64. The van der Waals surface area contributed by atoms with Crippen LogP contribution in [0.5, 0.6) is 5.75 Å². The number of carbonyl (C=O) groups is 1. The summed E-state index contributed by atoms with van der Waals surface area (Å²) in [5.41, 5.74) is 5.73. The van der Waals surface area contributed by atoms with Crippen LogP contribution in [-0.2, 0) is 0 Å². The Bertz CT molecular complexity index is 602. The molecule has 0 saturated heterocycles. The zero-order valence-corrected chi connectivity index (χ0v) is 9.98. The third kappa shape index (κ3) is 2.52. The second kappa shape index (κ2) is 4.93. The van der Waals surface area contributed by atoms with Crippen molar-refractivity contribution in [1.82, 2.24) is 4.98 Å². The first-order valence-electron chi connectivity index (χ1n) is 5.08. The summed E-state index contributed by atoms with van der Waals surface area (Å²) < 4.78 is 0. The highest BCUT2D eigenvalue weighted by Crippen LogP contribution is 2.25. The van der Waals surface area contributed by atoms with Crippen molar-refractivity contribution in [3.05, 3.63) is 47.1 Å². The highest BCUT2D eigenvalue weighted by atomic mass is 35.5. The van der Waals surface area contributed by atoms with Gasteiger partial charge in [0.25, 0.3) is 5.91 Å². The molecule has 18 heavy (non-hydrogen) atoms. The number of nitrogens with zero attached hydrogens (tertiary/aromatic N) is 1. The summed E-state index contributed by atoms with van der Waals surface area (Å²) >= 11 is 5.77. The minimum absolute atomic E-state index is 0.0803. The number of nitrogen functional groups attached to an aromatic ring is 1. The number of amides is 1. The first-order chi connectivity index (χ1) is 8.58. The maximum Gasteiger partial charge on any atom is 0.260 e. The van der Waals surface area contributed by atoms with Crippen molar-refractivity contribution in [2.75, 3.05) is 11.1 Å². The smallest absolute Gasteiger partial charge is 0.260 e. The largest absolute Gasteiger partial charge is 0.505 e. The number of hydrogen-bond donors (Lipinski definition) is 3. The number of halogens is 1. The number of pyridine rings is 1. The van der Waals surface area contributed by atoms with Gasteiger partial charge >= 0.3 is 0 Å². The standard InChI is InChI=1S/C12H10ClN3O2/c13-7-4-5-15-10(6-7)16-12(18)8-2-1-3-9(14)11(8)17/h1-6,17H,14H2,(H,15,16,18). The normalized spacial score (nSPS) is 10.1. The van der Waals surface area contributed by atoms with Gasteiger partial charge in [-0.15, -0.1) is 0 Å². The van der Waals surface area contributed by atoms with E-state index in [9.17, 15) is 9.90 Å². The van der Waals surface area contributed by atoms with Crippen molar-refractivity contribution in [3.8, 4) is 5.75 Å². The van der Waals surface area contributed by atoms with E-state index in [0.717, 1.165) is 0 Å². The van der Waals surface area contributed by atoms with Crippen molar-refractivity contribution in [2.45, 2.75) is 0 Å². The fourth-order valence-corrected chi connectivity index (χ4v) is 1.56. The van der Waals surface area contributed by atoms with E-state index in [2.05, 4.69) is 10.3 Å². The summed E-state index contributed by atoms with van der Waals surface area (Å²) in [5.74, 6) is -0.457. The van der Waals surface area contributed by atoms with E-state index in [1.165, 1.54) is 24.4 Å². The summed E-state index contributed by atoms with van der Waals surface area (Å²) in [4.78, 5) is 15.8. The number of benzene rings is 1. The van der Waals surface area contributed by atoms with Gasteiger partial charge in [0.15, 0.2) is 5.75 Å². The average Bonchev–Trinajstić information content (AvgIpc) is 2.32. The van der Waals surface area contributed by atoms with Crippen molar-refractivity contribution < 1.29 is 9.90 Å². The molecule has 1 aromatic carbocycles. The molecule has 0 aliphatic heterocycles. The molecule has 6 heteroatoms. The third-order valence-corrected chi connectivity index (χ3v) is 2.51. The average molecular weight is 264 g/mol. The molecule has 92 valence electrons. The van der Waals surface area contributed by atoms with Crippen molar-refractivity contribution >= 4 is 29.0 Å². The van der Waals surface area contributed by atoms with Crippen molar-refractivity contribution in [3.63, 3.8) is 0 Å². The van der Waals surface area contributed by atoms with Gasteiger partial charge in [-0.3, -0.25) is 4.79 Å². The molecule has 2 rings (SSSR count). The number of nitrogens with two attached hydrogens (primary N) is 1. The lowest BCUT2D eigenvalue weighted by Crippen LogP contribution is -2.13. The van der Waals surface area contributed by atoms with Crippen LogP contribution in [0, 0.1) is 0 Å². The van der Waals surface area contributed by atoms with Gasteiger partial charge in [0.2, 0.25) is 0 Å². The molecule has 0 unspecified atom stereocenters. The molecule has 2 aromatic rings. The molecule has 0 bridgehead atoms. The van der Waals surface area contributed by atoms with Crippen LogP contribution in [0.2, 0.25) is 5.02 Å². The van der Waals surface area contributed by atoms with E-state index in [1.54, 1.807) is 12.1 Å². The van der Waals surface area contributed by atoms with Gasteiger partial charge in [0.05, 0.1) is 11.3 Å². The fourth-order valence-electron chi connectivity index (χ4n) is 1.40. The highest BCUT2D eigenvalue weighted by molar-refractivity contribution is 6.30. The second-order valence-electron chi connectivity index (χ2n) is 3.56. The molecule has 0 aliphatic rings. The number of phenolic OH excluding ortho intramolecular Hbond substituents is 1. The van der Waals surface area contributed by atoms with E-state index >= 15 is 0 Å². The molecule has 4 N–H and O–H groups in total. The minimum Gasteiger partial charge on any atom is -0.505 e. The first kappa shape index (κ1) is 12.2. The van der Waals surface area contributed by atoms with Crippen molar-refractivity contribution in [1.29, 1.82) is 0 Å². The van der Waals surface area contributed by atoms with Crippen molar-refractivity contribution in [2.24, 2.45) is 0 Å². The topological polar surface area (TPSA) is 88.2 Å². The molecular formula is C12H10ClN3O2. The molecule has 0 saturated carbocycles. The maximum absolute atomic E-state index is 11.9. The van der Waals surface area contributed by atoms with Crippen LogP contribution in [0.4, 0.5) is 11.5 Å². The lowest BCUT2D eigenvalue weighted by Gasteiger charge is -2.07. The Balaban J connectivity index is 2.25. The molecule has 1 heterocycles. The molecule has 0 atom stereocenters. The van der Waals surface area contributed by atoms with Gasteiger partial charge in [0.1, 0.15) is 5.82 Å². The molecule has 0 aliphatic carbocycles. The van der Waals surface area contributed by atoms with Gasteiger partial charge in [-0.05, 0) is 24.3 Å². The Kier molecular flexibility index (Phi) is 3.34. The van der Waals surface area contributed by atoms with Crippen LogP contribution in [-0.4, -0.2) is 16.0 Å². The number of para-hydroxylation sites is 1. The lowest BCUT2D eigenvalue weighted by atomic mass is 10.1. The zero-order valence-electron chi connectivity index (χ0n) is 9.22. The van der Waals surface area contributed by atoms with Gasteiger partial charge < -0.3 is 16.2 Å². The second-order valence-corrected chi connectivity index (χ2v) is 3.99. The zero-order chi connectivity index (χ0) is 13.1. The minimum atomic E-state index is -0.505. The Hall–Kier alpha value is -2.27. The van der Waals surface area contributed by atoms with Crippen LogP contribution in [0.1, 0.15) is 10.4 Å². The van der Waals surface area contributed by atoms with Gasteiger partial charge in [0, 0.05) is 11.2 Å². The van der Waals surface area contributed by atoms with E-state index in [0.29, 0.717) is 10.8 Å². The number of aromatic nitrogens is 1. The molecule has 5 nitrogen and oxygen atoms in total. The Morgan fingerprint density at radius 1 is 1.39 bits per heavy atom. The summed E-state index contributed by atoms with van der Waals surface area (Å²) in [7, 11) is 0. The number of rotatable bonds is 2. The molecule has 1 aromatic heterocycles. The third-order valence-electron chi connectivity index (χ3n) is 2.28. The lowest BCUT2D eigenvalue weighted by molar-refractivity contribution is 0.102. The van der Waals surface area contributed by atoms with Gasteiger partial charge in [-0.25, -0.2) is 4.98 Å². The Labute approximate surface area is 108 Å². The molecule has 1 amide bonds. The Morgan fingerprint density at radius 3 is 2.89 bits per heavy atom. The molecule has 0 spiro atoms. The first-order valence-corrected chi connectivity index (χ1v) is 5.46. The number of aromatic hydroxyl groups is 1. The SMILES string of the molecule is Nc1cccc(C(=O)Nc2cc(Cl)ccn2)c1O. The quantitative estimate of drug-likeness (QED) is 0.573. The molecular weight excluding hydrogens is 254 g/mol. The van der Waals surface area contributed by atoms with E-state index in [-0.39, 0.29) is 17.0 Å². The van der Waals surface area contributed by atoms with E-state index in [4.69, 9.17) is 17.3 Å². The number of hydrogen-bond acceptors (Lipinski definition) is 4. The van der Waals surface area contributed by atoms with Gasteiger partial charge in [-0.2, -0.15) is 0 Å². The number of phenols is 1. The van der Waals surface area contributed by atoms with Crippen LogP contribution < -0.4 is 11.1 Å². The summed E-state index contributed by atoms with van der Waals surface area (Å²) in [6.07, 6.45) is 1.47. The summed E-state index contributed by atoms with van der Waals surface area (Å²) in [5, 5.41) is 12.6. The summed E-state index contributed by atoms with van der Waals surface area (Å²) in [6.45, 7) is 0. The predicted molar refractivity (Wildman–Crippen MR) is 69.7 cm³/mol. The highest BCUT2D eigenvalue weighted by Gasteiger charge is 2.13. The van der Waals surface area contributed by atoms with Gasteiger partial charge in [-0.1, -0.05) is 17.7 Å². The predicted octanol–water partition coefficient (Wildman–Crippen LogP) is 2.28. The van der Waals surface area contributed by atoms with Crippen LogP contribution >= 0.6 is 11.6 Å². The van der Waals surface area contributed by atoms with Crippen LogP contribution in [0.25, 0.3) is 0 Å². The molecule has 0 fully saturated rings. The number of carbonyl (C=O) groups excluding carboxylic acids is 1. The fraction of sp³-hybridized carbons (Fsp3) is 0. The van der Waals surface area contributed by atoms with Crippen LogP contribution in [0.15, 0.2) is 36.5 Å². The number of anilines is 2. The monoisotopic (exact) mass is 263 g/mol. The van der Waals surface area contributed by atoms with E-state index < -0.39 is 5.91 Å². The molecule has 0 radical (unpaired) electrons. The van der Waals surface area contributed by atoms with Crippen LogP contribution in [0.3, 0.4) is 0 Å². The maximum atomic E-state index is 11.9. The Morgan fingerprint density at radius 2 is 2.17 bits per heavy atom. The van der Waals surface area contributed by atoms with E-state index in [1.807, 2.05) is 0 Å². The number of nitrogens with one attached hydrogen (secondary N) is 1.